The summed E-state index contributed by atoms with van der Waals surface area (Å²) in [6.07, 6.45) is 0. The molecule has 0 amide bonds. The van der Waals surface area contributed by atoms with Crippen molar-refractivity contribution in [3.8, 4) is 6.07 Å². The van der Waals surface area contributed by atoms with E-state index in [1.165, 1.54) is 6.07 Å². The van der Waals surface area contributed by atoms with Crippen LogP contribution in [0.4, 0.5) is 0 Å². The van der Waals surface area contributed by atoms with Crippen LogP contribution in [0, 0.1) is 18.3 Å². The van der Waals surface area contributed by atoms with E-state index in [4.69, 9.17) is 15.1 Å². The highest BCUT2D eigenvalue weighted by Crippen LogP contribution is 2.17. The Hall–Kier alpha value is -1.86. The Balaban J connectivity index is 3.24. The van der Waals surface area contributed by atoms with Crippen molar-refractivity contribution in [2.45, 2.75) is 20.5 Å². The van der Waals surface area contributed by atoms with Gasteiger partial charge in [-0.2, -0.15) is 5.26 Å². The lowest BCUT2D eigenvalue weighted by molar-refractivity contribution is 0.0526. The van der Waals surface area contributed by atoms with Crippen LogP contribution in [0.3, 0.4) is 0 Å². The van der Waals surface area contributed by atoms with Gasteiger partial charge in [0.05, 0.1) is 24.3 Å². The zero-order valence-electron chi connectivity index (χ0n) is 9.28. The van der Waals surface area contributed by atoms with Crippen LogP contribution in [0.25, 0.3) is 0 Å². The van der Waals surface area contributed by atoms with Crippen molar-refractivity contribution >= 4 is 5.97 Å². The van der Waals surface area contributed by atoms with Crippen molar-refractivity contribution in [2.24, 2.45) is 0 Å². The third kappa shape index (κ3) is 2.38. The fourth-order valence-electron chi connectivity index (χ4n) is 1.39. The van der Waals surface area contributed by atoms with E-state index in [-0.39, 0.29) is 24.3 Å². The molecule has 16 heavy (non-hydrogen) atoms. The summed E-state index contributed by atoms with van der Waals surface area (Å²) in [4.78, 5) is 11.5. The largest absolute Gasteiger partial charge is 0.462 e. The highest BCUT2D eigenvalue weighted by Gasteiger charge is 2.14. The molecule has 1 N–H and O–H groups in total. The Kier molecular flexibility index (Phi) is 4.03. The monoisotopic (exact) mass is 219 g/mol. The number of ether oxygens (including phenoxy) is 1. The van der Waals surface area contributed by atoms with Gasteiger partial charge in [-0.3, -0.25) is 0 Å². The minimum atomic E-state index is -0.508. The maximum absolute atomic E-state index is 11.5. The smallest absolute Gasteiger partial charge is 0.339 e. The van der Waals surface area contributed by atoms with Gasteiger partial charge >= 0.3 is 5.97 Å². The SMILES string of the molecule is CCOC(=O)c1cc(C)c(CO)cc1C#N. The zero-order chi connectivity index (χ0) is 12.1. The molecule has 1 aromatic carbocycles. The fraction of sp³-hybridized carbons (Fsp3) is 0.333. The van der Waals surface area contributed by atoms with Gasteiger partial charge in [0.15, 0.2) is 0 Å². The predicted octanol–water partition coefficient (Wildman–Crippen LogP) is 1.54. The number of benzene rings is 1. The van der Waals surface area contributed by atoms with E-state index in [0.717, 1.165) is 5.56 Å². The minimum absolute atomic E-state index is 0.149. The molecular formula is C12H13NO3. The molecule has 0 aliphatic heterocycles. The van der Waals surface area contributed by atoms with Gasteiger partial charge < -0.3 is 9.84 Å². The number of nitrogens with zero attached hydrogens (tertiary/aromatic N) is 1. The number of rotatable bonds is 3. The Labute approximate surface area is 94.1 Å². The molecule has 4 heteroatoms. The average molecular weight is 219 g/mol. The first kappa shape index (κ1) is 12.2. The lowest BCUT2D eigenvalue weighted by atomic mass is 10.00. The van der Waals surface area contributed by atoms with Crippen LogP contribution in [0.2, 0.25) is 0 Å². The van der Waals surface area contributed by atoms with Crippen LogP contribution in [0.1, 0.15) is 34.0 Å². The second-order valence-corrected chi connectivity index (χ2v) is 3.31. The molecule has 1 rings (SSSR count). The number of carbonyl (C=O) groups excluding carboxylic acids is 1. The highest BCUT2D eigenvalue weighted by atomic mass is 16.5. The number of aliphatic hydroxyl groups is 1. The summed E-state index contributed by atoms with van der Waals surface area (Å²) in [6, 6.07) is 5.01. The molecule has 0 aliphatic carbocycles. The molecule has 0 heterocycles. The Bertz CT molecular complexity index is 446. The lowest BCUT2D eigenvalue weighted by Gasteiger charge is -2.08. The first-order valence-corrected chi connectivity index (χ1v) is 4.95. The number of carbonyl (C=O) groups is 1. The molecule has 0 saturated heterocycles. The number of esters is 1. The molecule has 0 spiro atoms. The third-order valence-electron chi connectivity index (χ3n) is 2.26. The molecule has 0 unspecified atom stereocenters. The topological polar surface area (TPSA) is 70.3 Å². The minimum Gasteiger partial charge on any atom is -0.462 e. The average Bonchev–Trinajstić information content (AvgIpc) is 2.29. The summed E-state index contributed by atoms with van der Waals surface area (Å²) in [5.41, 5.74) is 1.89. The van der Waals surface area contributed by atoms with Crippen molar-refractivity contribution in [1.82, 2.24) is 0 Å². The highest BCUT2D eigenvalue weighted by molar-refractivity contribution is 5.92. The lowest BCUT2D eigenvalue weighted by Crippen LogP contribution is -2.08. The second kappa shape index (κ2) is 5.29. The Morgan fingerprint density at radius 1 is 1.56 bits per heavy atom. The number of hydrogen-bond donors (Lipinski definition) is 1. The first-order chi connectivity index (χ1) is 7.63. The maximum atomic E-state index is 11.5. The molecule has 0 radical (unpaired) electrons. The first-order valence-electron chi connectivity index (χ1n) is 4.95. The zero-order valence-corrected chi connectivity index (χ0v) is 9.28. The number of aliphatic hydroxyl groups excluding tert-OH is 1. The quantitative estimate of drug-likeness (QED) is 0.783. The van der Waals surface area contributed by atoms with E-state index in [2.05, 4.69) is 0 Å². The van der Waals surface area contributed by atoms with Crippen LogP contribution >= 0.6 is 0 Å². The van der Waals surface area contributed by atoms with Crippen LogP contribution in [-0.4, -0.2) is 17.7 Å². The van der Waals surface area contributed by atoms with Crippen LogP contribution in [-0.2, 0) is 11.3 Å². The third-order valence-corrected chi connectivity index (χ3v) is 2.26. The number of hydrogen-bond acceptors (Lipinski definition) is 4. The molecule has 84 valence electrons. The molecule has 0 aliphatic rings. The summed E-state index contributed by atoms with van der Waals surface area (Å²) in [7, 11) is 0. The molecule has 4 nitrogen and oxygen atoms in total. The van der Waals surface area contributed by atoms with Crippen LogP contribution < -0.4 is 0 Å². The molecule has 0 fully saturated rings. The second-order valence-electron chi connectivity index (χ2n) is 3.31. The van der Waals surface area contributed by atoms with Gasteiger partial charge in [-0.1, -0.05) is 0 Å². The van der Waals surface area contributed by atoms with Crippen molar-refractivity contribution in [3.63, 3.8) is 0 Å². The number of aryl methyl sites for hydroxylation is 1. The van der Waals surface area contributed by atoms with E-state index < -0.39 is 5.97 Å². The van der Waals surface area contributed by atoms with Crippen molar-refractivity contribution in [3.05, 3.63) is 34.4 Å². The van der Waals surface area contributed by atoms with E-state index in [9.17, 15) is 4.79 Å². The summed E-state index contributed by atoms with van der Waals surface area (Å²) >= 11 is 0. The fourth-order valence-corrected chi connectivity index (χ4v) is 1.39. The van der Waals surface area contributed by atoms with Crippen molar-refractivity contribution in [1.29, 1.82) is 5.26 Å². The normalized spacial score (nSPS) is 9.62. The predicted molar refractivity (Wildman–Crippen MR) is 57.8 cm³/mol. The number of nitriles is 1. The maximum Gasteiger partial charge on any atom is 0.339 e. The van der Waals surface area contributed by atoms with Gasteiger partial charge in [0.25, 0.3) is 0 Å². The van der Waals surface area contributed by atoms with Gasteiger partial charge in [0.1, 0.15) is 6.07 Å². The molecule has 0 aromatic heterocycles. The van der Waals surface area contributed by atoms with E-state index in [1.807, 2.05) is 6.07 Å². The van der Waals surface area contributed by atoms with Crippen molar-refractivity contribution < 1.29 is 14.6 Å². The summed E-state index contributed by atoms with van der Waals surface area (Å²) < 4.78 is 4.85. The Morgan fingerprint density at radius 3 is 2.75 bits per heavy atom. The molecular weight excluding hydrogens is 206 g/mol. The van der Waals surface area contributed by atoms with E-state index in [0.29, 0.717) is 5.56 Å². The van der Waals surface area contributed by atoms with Crippen LogP contribution in [0.5, 0.6) is 0 Å². The standard InChI is InChI=1S/C12H13NO3/c1-3-16-12(15)11-4-8(2)10(7-14)5-9(11)6-13/h4-5,14H,3,7H2,1-2H3. The summed E-state index contributed by atoms with van der Waals surface area (Å²) in [6.45, 7) is 3.60. The van der Waals surface area contributed by atoms with Crippen molar-refractivity contribution in [2.75, 3.05) is 6.61 Å². The van der Waals surface area contributed by atoms with Gasteiger partial charge in [-0.25, -0.2) is 4.79 Å². The van der Waals surface area contributed by atoms with Crippen LogP contribution in [0.15, 0.2) is 12.1 Å². The summed E-state index contributed by atoms with van der Waals surface area (Å²) in [5.74, 6) is -0.508. The van der Waals surface area contributed by atoms with E-state index >= 15 is 0 Å². The molecule has 0 atom stereocenters. The molecule has 1 aromatic rings. The van der Waals surface area contributed by atoms with Gasteiger partial charge in [0.2, 0.25) is 0 Å². The van der Waals surface area contributed by atoms with Gasteiger partial charge in [0, 0.05) is 0 Å². The van der Waals surface area contributed by atoms with Gasteiger partial charge in [-0.15, -0.1) is 0 Å². The molecule has 0 bridgehead atoms. The van der Waals surface area contributed by atoms with Gasteiger partial charge in [-0.05, 0) is 37.1 Å². The Morgan fingerprint density at radius 2 is 2.25 bits per heavy atom. The summed E-state index contributed by atoms with van der Waals surface area (Å²) in [5, 5.41) is 18.0. The molecule has 0 saturated carbocycles. The van der Waals surface area contributed by atoms with E-state index in [1.54, 1.807) is 19.9 Å².